The van der Waals surface area contributed by atoms with Gasteiger partial charge in [0, 0.05) is 6.04 Å². The van der Waals surface area contributed by atoms with Gasteiger partial charge in [0.05, 0.1) is 25.8 Å². The second kappa shape index (κ2) is 6.59. The van der Waals surface area contributed by atoms with Crippen LogP contribution >= 0.6 is 0 Å². The van der Waals surface area contributed by atoms with Gasteiger partial charge in [0.2, 0.25) is 0 Å². The number of nitrogens with one attached hydrogen (secondary N) is 1. The Balaban J connectivity index is 1.82. The molecule has 1 saturated carbocycles. The third kappa shape index (κ3) is 3.60. The fourth-order valence-electron chi connectivity index (χ4n) is 2.29. The molecule has 2 rings (SSSR count). The zero-order chi connectivity index (χ0) is 12.8. The van der Waals surface area contributed by atoms with Crippen LogP contribution in [0.25, 0.3) is 0 Å². The van der Waals surface area contributed by atoms with E-state index >= 15 is 0 Å². The summed E-state index contributed by atoms with van der Waals surface area (Å²) in [5.41, 5.74) is 0. The molecule has 1 atom stereocenters. The molecule has 0 aliphatic heterocycles. The Labute approximate surface area is 108 Å². The molecule has 1 unspecified atom stereocenters. The molecule has 1 aromatic rings. The molecule has 4 nitrogen and oxygen atoms in total. The number of carbonyl (C=O) groups is 1. The monoisotopic (exact) mass is 251 g/mol. The van der Waals surface area contributed by atoms with Crippen LogP contribution in [0.2, 0.25) is 0 Å². The third-order valence-electron chi connectivity index (χ3n) is 3.53. The van der Waals surface area contributed by atoms with Crippen LogP contribution in [0.1, 0.15) is 38.4 Å². The molecule has 0 bridgehead atoms. The minimum atomic E-state index is -0.110. The van der Waals surface area contributed by atoms with Crippen LogP contribution in [-0.4, -0.2) is 18.6 Å². The average molecular weight is 251 g/mol. The maximum atomic E-state index is 11.6. The summed E-state index contributed by atoms with van der Waals surface area (Å²) < 4.78 is 10.3. The largest absolute Gasteiger partial charge is 0.468 e. The van der Waals surface area contributed by atoms with Crippen molar-refractivity contribution >= 4 is 5.97 Å². The summed E-state index contributed by atoms with van der Waals surface area (Å²) >= 11 is 0. The summed E-state index contributed by atoms with van der Waals surface area (Å²) in [4.78, 5) is 11.6. The number of rotatable bonds is 7. The van der Waals surface area contributed by atoms with Gasteiger partial charge < -0.3 is 14.5 Å². The highest BCUT2D eigenvalue weighted by Gasteiger charge is 2.29. The SMILES string of the molecule is CCOC(=O)CC(NCc1ccco1)C1CCC1. The van der Waals surface area contributed by atoms with Gasteiger partial charge >= 0.3 is 5.97 Å². The van der Waals surface area contributed by atoms with Crippen molar-refractivity contribution in [1.29, 1.82) is 0 Å². The molecule has 0 aromatic carbocycles. The van der Waals surface area contributed by atoms with Crippen molar-refractivity contribution in [3.63, 3.8) is 0 Å². The molecule has 0 radical (unpaired) electrons. The van der Waals surface area contributed by atoms with E-state index in [4.69, 9.17) is 9.15 Å². The van der Waals surface area contributed by atoms with Gasteiger partial charge in [-0.25, -0.2) is 0 Å². The highest BCUT2D eigenvalue weighted by atomic mass is 16.5. The quantitative estimate of drug-likeness (QED) is 0.756. The van der Waals surface area contributed by atoms with Crippen LogP contribution in [0.5, 0.6) is 0 Å². The number of hydrogen-bond acceptors (Lipinski definition) is 4. The van der Waals surface area contributed by atoms with E-state index in [0.29, 0.717) is 25.5 Å². The van der Waals surface area contributed by atoms with Crippen molar-refractivity contribution in [2.24, 2.45) is 5.92 Å². The number of carbonyl (C=O) groups excluding carboxylic acids is 1. The van der Waals surface area contributed by atoms with Gasteiger partial charge in [0.1, 0.15) is 5.76 Å². The Bertz CT molecular complexity index is 357. The summed E-state index contributed by atoms with van der Waals surface area (Å²) in [7, 11) is 0. The molecule has 0 saturated heterocycles. The second-order valence-electron chi connectivity index (χ2n) is 4.77. The van der Waals surface area contributed by atoms with E-state index in [-0.39, 0.29) is 12.0 Å². The first-order chi connectivity index (χ1) is 8.79. The van der Waals surface area contributed by atoms with E-state index in [1.165, 1.54) is 19.3 Å². The van der Waals surface area contributed by atoms with Crippen LogP contribution in [0.4, 0.5) is 0 Å². The maximum Gasteiger partial charge on any atom is 0.307 e. The second-order valence-corrected chi connectivity index (χ2v) is 4.77. The van der Waals surface area contributed by atoms with E-state index in [1.807, 2.05) is 19.1 Å². The lowest BCUT2D eigenvalue weighted by molar-refractivity contribution is -0.144. The van der Waals surface area contributed by atoms with Crippen LogP contribution in [0.15, 0.2) is 22.8 Å². The van der Waals surface area contributed by atoms with Crippen LogP contribution in [0.3, 0.4) is 0 Å². The van der Waals surface area contributed by atoms with Gasteiger partial charge in [0.15, 0.2) is 0 Å². The molecule has 4 heteroatoms. The lowest BCUT2D eigenvalue weighted by Crippen LogP contribution is -2.41. The molecule has 1 heterocycles. The van der Waals surface area contributed by atoms with E-state index in [1.54, 1.807) is 6.26 Å². The average Bonchev–Trinajstić information content (AvgIpc) is 2.76. The van der Waals surface area contributed by atoms with E-state index in [0.717, 1.165) is 5.76 Å². The lowest BCUT2D eigenvalue weighted by Gasteiger charge is -2.33. The van der Waals surface area contributed by atoms with Gasteiger partial charge in [-0.15, -0.1) is 0 Å². The maximum absolute atomic E-state index is 11.6. The van der Waals surface area contributed by atoms with E-state index in [9.17, 15) is 4.79 Å². The number of furan rings is 1. The minimum absolute atomic E-state index is 0.110. The molecule has 1 aliphatic carbocycles. The molecular formula is C14H21NO3. The Hall–Kier alpha value is -1.29. The smallest absolute Gasteiger partial charge is 0.307 e. The van der Waals surface area contributed by atoms with Crippen molar-refractivity contribution in [2.45, 2.75) is 45.2 Å². The highest BCUT2D eigenvalue weighted by Crippen LogP contribution is 2.31. The van der Waals surface area contributed by atoms with Gasteiger partial charge in [-0.3, -0.25) is 4.79 Å². The number of esters is 1. The predicted molar refractivity (Wildman–Crippen MR) is 67.9 cm³/mol. The van der Waals surface area contributed by atoms with Crippen molar-refractivity contribution in [2.75, 3.05) is 6.61 Å². The first kappa shape index (κ1) is 13.1. The molecule has 18 heavy (non-hydrogen) atoms. The number of ether oxygens (including phenoxy) is 1. The van der Waals surface area contributed by atoms with Gasteiger partial charge in [0.25, 0.3) is 0 Å². The molecule has 1 aromatic heterocycles. The summed E-state index contributed by atoms with van der Waals surface area (Å²) in [6.07, 6.45) is 5.80. The van der Waals surface area contributed by atoms with Crippen LogP contribution < -0.4 is 5.32 Å². The fraction of sp³-hybridized carbons (Fsp3) is 0.643. The summed E-state index contributed by atoms with van der Waals surface area (Å²) in [6, 6.07) is 4.03. The molecule has 1 fully saturated rings. The normalized spacial score (nSPS) is 17.2. The van der Waals surface area contributed by atoms with Gasteiger partial charge in [-0.2, -0.15) is 0 Å². The zero-order valence-electron chi connectivity index (χ0n) is 10.9. The third-order valence-corrected chi connectivity index (χ3v) is 3.53. The Morgan fingerprint density at radius 1 is 1.61 bits per heavy atom. The minimum Gasteiger partial charge on any atom is -0.468 e. The Morgan fingerprint density at radius 3 is 3.00 bits per heavy atom. The molecular weight excluding hydrogens is 230 g/mol. The topological polar surface area (TPSA) is 51.5 Å². The van der Waals surface area contributed by atoms with Gasteiger partial charge in [-0.05, 0) is 37.8 Å². The van der Waals surface area contributed by atoms with Crippen molar-refractivity contribution in [3.8, 4) is 0 Å². The number of hydrogen-bond donors (Lipinski definition) is 1. The first-order valence-electron chi connectivity index (χ1n) is 6.71. The zero-order valence-corrected chi connectivity index (χ0v) is 10.9. The molecule has 0 amide bonds. The summed E-state index contributed by atoms with van der Waals surface area (Å²) in [5.74, 6) is 1.40. The van der Waals surface area contributed by atoms with E-state index in [2.05, 4.69) is 5.32 Å². The molecule has 1 aliphatic rings. The summed E-state index contributed by atoms with van der Waals surface area (Å²) in [6.45, 7) is 2.97. The van der Waals surface area contributed by atoms with Crippen molar-refractivity contribution in [3.05, 3.63) is 24.2 Å². The van der Waals surface area contributed by atoms with Crippen molar-refractivity contribution < 1.29 is 13.9 Å². The molecule has 100 valence electrons. The fourth-order valence-corrected chi connectivity index (χ4v) is 2.29. The molecule has 1 N–H and O–H groups in total. The van der Waals surface area contributed by atoms with E-state index < -0.39 is 0 Å². The summed E-state index contributed by atoms with van der Waals surface area (Å²) in [5, 5.41) is 3.42. The molecule has 0 spiro atoms. The standard InChI is InChI=1S/C14H21NO3/c1-2-17-14(16)9-13(11-5-3-6-11)15-10-12-7-4-8-18-12/h4,7-8,11,13,15H,2-3,5-6,9-10H2,1H3. The first-order valence-corrected chi connectivity index (χ1v) is 6.71. The van der Waals surface area contributed by atoms with Gasteiger partial charge in [-0.1, -0.05) is 6.42 Å². The van der Waals surface area contributed by atoms with Crippen LogP contribution in [-0.2, 0) is 16.1 Å². The van der Waals surface area contributed by atoms with Crippen molar-refractivity contribution in [1.82, 2.24) is 5.32 Å². The Morgan fingerprint density at radius 2 is 2.44 bits per heavy atom. The Kier molecular flexibility index (Phi) is 4.81. The highest BCUT2D eigenvalue weighted by molar-refractivity contribution is 5.70. The lowest BCUT2D eigenvalue weighted by atomic mass is 9.78. The predicted octanol–water partition coefficient (Wildman–Crippen LogP) is 2.49. The van der Waals surface area contributed by atoms with Crippen LogP contribution in [0, 0.1) is 5.92 Å².